The molecule has 4 aromatic rings. The smallest absolute Gasteiger partial charge is 0.255 e. The number of nitrogens with zero attached hydrogens (tertiary/aromatic N) is 2. The summed E-state index contributed by atoms with van der Waals surface area (Å²) in [6, 6.07) is 20.9. The van der Waals surface area contributed by atoms with Gasteiger partial charge < -0.3 is 4.98 Å². The van der Waals surface area contributed by atoms with Crippen LogP contribution in [-0.2, 0) is 29.4 Å². The highest BCUT2D eigenvalue weighted by Gasteiger charge is 2.30. The monoisotopic (exact) mass is 445 g/mol. The average molecular weight is 446 g/mol. The molecule has 0 saturated carbocycles. The number of rotatable bonds is 4. The van der Waals surface area contributed by atoms with E-state index in [4.69, 9.17) is 0 Å². The van der Waals surface area contributed by atoms with Crippen molar-refractivity contribution in [1.82, 2.24) is 14.3 Å². The molecule has 0 bridgehead atoms. The van der Waals surface area contributed by atoms with Crippen molar-refractivity contribution >= 4 is 20.8 Å². The number of hydrogen-bond donors (Lipinski definition) is 1. The van der Waals surface area contributed by atoms with Gasteiger partial charge in [0, 0.05) is 25.9 Å². The Morgan fingerprint density at radius 1 is 1.00 bits per heavy atom. The van der Waals surface area contributed by atoms with Crippen molar-refractivity contribution < 1.29 is 8.42 Å². The minimum Gasteiger partial charge on any atom is -0.310 e. The first-order chi connectivity index (χ1) is 15.4. The van der Waals surface area contributed by atoms with Crippen LogP contribution < -0.4 is 5.56 Å². The maximum absolute atomic E-state index is 13.3. The number of aromatic amines is 1. The Balaban J connectivity index is 1.42. The molecule has 1 N–H and O–H groups in total. The number of hydrogen-bond acceptors (Lipinski definition) is 4. The average Bonchev–Trinajstić information content (AvgIpc) is 2.80. The maximum atomic E-state index is 13.3. The van der Waals surface area contributed by atoms with Crippen LogP contribution in [0.1, 0.15) is 28.2 Å². The number of sulfonamides is 1. The molecule has 7 heteroatoms. The lowest BCUT2D eigenvalue weighted by Crippen LogP contribution is -2.39. The molecule has 0 spiro atoms. The van der Waals surface area contributed by atoms with Gasteiger partial charge in [-0.2, -0.15) is 4.31 Å². The van der Waals surface area contributed by atoms with Gasteiger partial charge >= 0.3 is 0 Å². The summed E-state index contributed by atoms with van der Waals surface area (Å²) in [5.41, 5.74) is 3.08. The largest absolute Gasteiger partial charge is 0.310 e. The summed E-state index contributed by atoms with van der Waals surface area (Å²) < 4.78 is 27.9. The van der Waals surface area contributed by atoms with Gasteiger partial charge in [0.1, 0.15) is 5.82 Å². The van der Waals surface area contributed by atoms with E-state index in [1.807, 2.05) is 61.5 Å². The Kier molecular flexibility index (Phi) is 5.15. The van der Waals surface area contributed by atoms with Crippen molar-refractivity contribution in [2.75, 3.05) is 6.54 Å². The van der Waals surface area contributed by atoms with Gasteiger partial charge in [-0.25, -0.2) is 13.4 Å². The first kappa shape index (κ1) is 20.6. The van der Waals surface area contributed by atoms with E-state index in [9.17, 15) is 13.2 Å². The Labute approximate surface area is 186 Å². The Morgan fingerprint density at radius 2 is 1.75 bits per heavy atom. The van der Waals surface area contributed by atoms with Crippen LogP contribution in [0.4, 0.5) is 0 Å². The third kappa shape index (κ3) is 3.85. The molecule has 1 aliphatic rings. The Morgan fingerprint density at radius 3 is 2.53 bits per heavy atom. The quantitative estimate of drug-likeness (QED) is 0.521. The van der Waals surface area contributed by atoms with Gasteiger partial charge in [0.05, 0.1) is 16.2 Å². The van der Waals surface area contributed by atoms with Crippen molar-refractivity contribution in [2.45, 2.75) is 31.2 Å². The fourth-order valence-corrected chi connectivity index (χ4v) is 5.56. The second-order valence-corrected chi connectivity index (χ2v) is 10.1. The third-order valence-corrected chi connectivity index (χ3v) is 7.77. The van der Waals surface area contributed by atoms with E-state index in [1.54, 1.807) is 12.1 Å². The fourth-order valence-electron chi connectivity index (χ4n) is 4.12. The highest BCUT2D eigenvalue weighted by Crippen LogP contribution is 2.25. The van der Waals surface area contributed by atoms with E-state index in [-0.39, 0.29) is 17.0 Å². The van der Waals surface area contributed by atoms with Crippen LogP contribution >= 0.6 is 0 Å². The summed E-state index contributed by atoms with van der Waals surface area (Å²) in [5.74, 6) is 0.600. The van der Waals surface area contributed by atoms with E-state index in [2.05, 4.69) is 9.97 Å². The number of H-pyrrole nitrogens is 1. The van der Waals surface area contributed by atoms with Crippen LogP contribution in [0.5, 0.6) is 0 Å². The molecule has 0 radical (unpaired) electrons. The van der Waals surface area contributed by atoms with Crippen LogP contribution in [0.25, 0.3) is 10.8 Å². The first-order valence-corrected chi connectivity index (χ1v) is 12.0. The molecule has 0 saturated heterocycles. The SMILES string of the molecule is Cc1ccc(Cc2nc3c(c(=O)[nH]2)CN(S(=O)(=O)c2ccc4ccccc4c2)CC3)cc1. The van der Waals surface area contributed by atoms with Gasteiger partial charge in [-0.3, -0.25) is 4.79 Å². The predicted molar refractivity (Wildman–Crippen MR) is 124 cm³/mol. The standard InChI is InChI=1S/C25H23N3O3S/c1-17-6-8-18(9-7-17)14-24-26-23-12-13-28(16-22(23)25(29)27-24)32(30,31)21-11-10-19-4-2-3-5-20(19)15-21/h2-11,15H,12-14,16H2,1H3,(H,26,27,29). The molecule has 0 amide bonds. The van der Waals surface area contributed by atoms with Crippen LogP contribution in [-0.4, -0.2) is 29.2 Å². The Bertz CT molecular complexity index is 1470. The number of benzene rings is 3. The summed E-state index contributed by atoms with van der Waals surface area (Å²) >= 11 is 0. The molecule has 0 unspecified atom stereocenters. The molecule has 0 aliphatic carbocycles. The molecular formula is C25H23N3O3S. The molecule has 162 valence electrons. The minimum absolute atomic E-state index is 0.0254. The maximum Gasteiger partial charge on any atom is 0.255 e. The number of nitrogens with one attached hydrogen (secondary N) is 1. The van der Waals surface area contributed by atoms with Crippen LogP contribution in [0.3, 0.4) is 0 Å². The van der Waals surface area contributed by atoms with E-state index in [0.29, 0.717) is 36.5 Å². The molecule has 1 aromatic heterocycles. The molecule has 2 heterocycles. The van der Waals surface area contributed by atoms with E-state index < -0.39 is 10.0 Å². The summed E-state index contributed by atoms with van der Waals surface area (Å²) in [5, 5.41) is 1.85. The number of fused-ring (bicyclic) bond motifs is 2. The van der Waals surface area contributed by atoms with Crippen molar-refractivity contribution in [2.24, 2.45) is 0 Å². The van der Waals surface area contributed by atoms with Crippen molar-refractivity contribution in [3.63, 3.8) is 0 Å². The van der Waals surface area contributed by atoms with Crippen LogP contribution in [0.2, 0.25) is 0 Å². The topological polar surface area (TPSA) is 83.1 Å². The minimum atomic E-state index is -3.72. The molecule has 6 nitrogen and oxygen atoms in total. The number of aryl methyl sites for hydroxylation is 1. The molecular weight excluding hydrogens is 422 g/mol. The zero-order valence-corrected chi connectivity index (χ0v) is 18.5. The summed E-state index contributed by atoms with van der Waals surface area (Å²) in [6.45, 7) is 2.35. The Hall–Kier alpha value is -3.29. The molecule has 5 rings (SSSR count). The lowest BCUT2D eigenvalue weighted by molar-refractivity contribution is 0.384. The number of aromatic nitrogens is 2. The highest BCUT2D eigenvalue weighted by molar-refractivity contribution is 7.89. The fraction of sp³-hybridized carbons (Fsp3) is 0.200. The summed E-state index contributed by atoms with van der Waals surface area (Å²) in [7, 11) is -3.72. The van der Waals surface area contributed by atoms with Gasteiger partial charge in [0.25, 0.3) is 5.56 Å². The first-order valence-electron chi connectivity index (χ1n) is 10.6. The van der Waals surface area contributed by atoms with Gasteiger partial charge in [-0.15, -0.1) is 0 Å². The van der Waals surface area contributed by atoms with Crippen molar-refractivity contribution in [3.8, 4) is 0 Å². The zero-order chi connectivity index (χ0) is 22.3. The van der Waals surface area contributed by atoms with Gasteiger partial charge in [0.15, 0.2) is 0 Å². The molecule has 32 heavy (non-hydrogen) atoms. The second-order valence-electron chi connectivity index (χ2n) is 8.20. The van der Waals surface area contributed by atoms with E-state index in [1.165, 1.54) is 9.87 Å². The summed E-state index contributed by atoms with van der Waals surface area (Å²) in [6.07, 6.45) is 0.939. The van der Waals surface area contributed by atoms with E-state index >= 15 is 0 Å². The molecule has 0 atom stereocenters. The molecule has 3 aromatic carbocycles. The van der Waals surface area contributed by atoms with E-state index in [0.717, 1.165) is 16.3 Å². The predicted octanol–water partition coefficient (Wildman–Crippen LogP) is 3.57. The molecule has 1 aliphatic heterocycles. The normalized spacial score (nSPS) is 14.4. The third-order valence-electron chi connectivity index (χ3n) is 5.93. The zero-order valence-electron chi connectivity index (χ0n) is 17.7. The lowest BCUT2D eigenvalue weighted by Gasteiger charge is -2.27. The van der Waals surface area contributed by atoms with Crippen LogP contribution in [0.15, 0.2) is 76.4 Å². The van der Waals surface area contributed by atoms with Gasteiger partial charge in [0.2, 0.25) is 10.0 Å². The summed E-state index contributed by atoms with van der Waals surface area (Å²) in [4.78, 5) is 20.5. The highest BCUT2D eigenvalue weighted by atomic mass is 32.2. The lowest BCUT2D eigenvalue weighted by atomic mass is 10.1. The molecule has 0 fully saturated rings. The van der Waals surface area contributed by atoms with Crippen molar-refractivity contribution in [3.05, 3.63) is 105 Å². The van der Waals surface area contributed by atoms with Crippen LogP contribution in [0, 0.1) is 6.92 Å². The van der Waals surface area contributed by atoms with Crippen molar-refractivity contribution in [1.29, 1.82) is 0 Å². The van der Waals surface area contributed by atoms with Gasteiger partial charge in [-0.05, 0) is 35.4 Å². The van der Waals surface area contributed by atoms with Gasteiger partial charge in [-0.1, -0.05) is 60.2 Å². The second kappa shape index (κ2) is 8.00.